The molecule has 0 spiro atoms. The Kier molecular flexibility index (Phi) is 3.98. The molecule has 2 aliphatic rings. The molecule has 0 radical (unpaired) electrons. The predicted molar refractivity (Wildman–Crippen MR) is 98.7 cm³/mol. The monoisotopic (exact) mass is 336 g/mol. The van der Waals surface area contributed by atoms with Crippen molar-refractivity contribution in [2.75, 3.05) is 27.2 Å². The van der Waals surface area contributed by atoms with E-state index in [0.29, 0.717) is 13.1 Å². The second kappa shape index (κ2) is 6.17. The Hall–Kier alpha value is -2.36. The van der Waals surface area contributed by atoms with Crippen LogP contribution in [-0.4, -0.2) is 48.8 Å². The van der Waals surface area contributed by atoms with Gasteiger partial charge in [0.25, 0.3) is 5.91 Å². The van der Waals surface area contributed by atoms with Crippen LogP contribution in [0.25, 0.3) is 10.8 Å². The molecular weight excluding hydrogens is 312 g/mol. The van der Waals surface area contributed by atoms with Crippen LogP contribution in [0, 0.1) is 5.92 Å². The summed E-state index contributed by atoms with van der Waals surface area (Å²) in [6, 6.07) is 10.4. The smallest absolute Gasteiger partial charge is 0.254 e. The molecule has 2 aromatic rings. The minimum Gasteiger partial charge on any atom is -0.349 e. The van der Waals surface area contributed by atoms with Gasteiger partial charge < -0.3 is 9.80 Å². The quantitative estimate of drug-likeness (QED) is 0.846. The molecule has 0 saturated carbocycles. The normalized spacial score (nSPS) is 17.1. The van der Waals surface area contributed by atoms with Crippen LogP contribution >= 0.6 is 0 Å². The number of hydrogen-bond donors (Lipinski definition) is 0. The molecule has 4 nitrogen and oxygen atoms in total. The van der Waals surface area contributed by atoms with E-state index >= 15 is 0 Å². The van der Waals surface area contributed by atoms with Crippen molar-refractivity contribution in [3.63, 3.8) is 0 Å². The maximum absolute atomic E-state index is 13.1. The second-order valence-corrected chi connectivity index (χ2v) is 7.41. The Morgan fingerprint density at radius 3 is 2.36 bits per heavy atom. The Labute approximate surface area is 148 Å². The van der Waals surface area contributed by atoms with Crippen LogP contribution in [0.15, 0.2) is 30.3 Å². The molecule has 1 saturated heterocycles. The SMILES string of the molecule is CN(C)C(=O)C1CCN(C(=O)c2ccc3c4c(cccc24)CC3)CC1. The van der Waals surface area contributed by atoms with Gasteiger partial charge in [0.15, 0.2) is 0 Å². The number of nitrogens with zero attached hydrogens (tertiary/aromatic N) is 2. The van der Waals surface area contributed by atoms with Crippen LogP contribution in [0.5, 0.6) is 0 Å². The number of likely N-dealkylation sites (tertiary alicyclic amines) is 1. The predicted octanol–water partition coefficient (Wildman–Crippen LogP) is 2.88. The zero-order valence-electron chi connectivity index (χ0n) is 14.9. The summed E-state index contributed by atoms with van der Waals surface area (Å²) < 4.78 is 0. The van der Waals surface area contributed by atoms with E-state index in [1.807, 2.05) is 11.0 Å². The van der Waals surface area contributed by atoms with Crippen LogP contribution in [0.4, 0.5) is 0 Å². The molecule has 0 bridgehead atoms. The van der Waals surface area contributed by atoms with Crippen LogP contribution in [-0.2, 0) is 17.6 Å². The highest BCUT2D eigenvalue weighted by atomic mass is 16.2. The van der Waals surface area contributed by atoms with Gasteiger partial charge in [-0.1, -0.05) is 24.3 Å². The average molecular weight is 336 g/mol. The molecule has 1 aliphatic carbocycles. The van der Waals surface area contributed by atoms with Crippen LogP contribution in [0.1, 0.15) is 34.3 Å². The maximum Gasteiger partial charge on any atom is 0.254 e. The van der Waals surface area contributed by atoms with Crippen molar-refractivity contribution < 1.29 is 9.59 Å². The first-order valence-corrected chi connectivity index (χ1v) is 9.10. The minimum absolute atomic E-state index is 0.0480. The van der Waals surface area contributed by atoms with Gasteiger partial charge in [0.05, 0.1) is 0 Å². The standard InChI is InChI=1S/C21H24N2O2/c1-22(2)20(24)16-10-12-23(13-11-16)21(25)18-9-8-15-7-6-14-4-3-5-17(18)19(14)15/h3-5,8-9,16H,6-7,10-13H2,1-2H3. The molecule has 1 heterocycles. The molecule has 1 fully saturated rings. The fourth-order valence-electron chi connectivity index (χ4n) is 4.30. The fourth-order valence-corrected chi connectivity index (χ4v) is 4.30. The Morgan fingerprint density at radius 2 is 1.68 bits per heavy atom. The van der Waals surface area contributed by atoms with E-state index in [2.05, 4.69) is 24.3 Å². The van der Waals surface area contributed by atoms with Crippen molar-refractivity contribution in [3.05, 3.63) is 47.0 Å². The third-order valence-corrected chi connectivity index (χ3v) is 5.68. The molecule has 4 heteroatoms. The number of carbonyl (C=O) groups is 2. The van der Waals surface area contributed by atoms with Crippen molar-refractivity contribution >= 4 is 22.6 Å². The first-order valence-electron chi connectivity index (χ1n) is 9.10. The van der Waals surface area contributed by atoms with Gasteiger partial charge in [-0.2, -0.15) is 0 Å². The summed E-state index contributed by atoms with van der Waals surface area (Å²) in [6.07, 6.45) is 3.65. The summed E-state index contributed by atoms with van der Waals surface area (Å²) in [7, 11) is 3.60. The summed E-state index contributed by atoms with van der Waals surface area (Å²) in [6.45, 7) is 1.32. The van der Waals surface area contributed by atoms with Gasteiger partial charge in [-0.3, -0.25) is 9.59 Å². The van der Waals surface area contributed by atoms with Crippen LogP contribution in [0.2, 0.25) is 0 Å². The van der Waals surface area contributed by atoms with E-state index in [9.17, 15) is 9.59 Å². The first-order chi connectivity index (χ1) is 12.1. The van der Waals surface area contributed by atoms with E-state index in [1.165, 1.54) is 16.5 Å². The Morgan fingerprint density at radius 1 is 1.00 bits per heavy atom. The number of aryl methyl sites for hydroxylation is 2. The topological polar surface area (TPSA) is 40.6 Å². The Balaban J connectivity index is 1.57. The lowest BCUT2D eigenvalue weighted by molar-refractivity contribution is -0.134. The first kappa shape index (κ1) is 16.1. The fraction of sp³-hybridized carbons (Fsp3) is 0.429. The number of carbonyl (C=O) groups excluding carboxylic acids is 2. The molecule has 0 atom stereocenters. The third kappa shape index (κ3) is 2.70. The highest BCUT2D eigenvalue weighted by Crippen LogP contribution is 2.33. The number of rotatable bonds is 2. The summed E-state index contributed by atoms with van der Waals surface area (Å²) in [4.78, 5) is 28.8. The zero-order valence-corrected chi connectivity index (χ0v) is 14.9. The van der Waals surface area contributed by atoms with E-state index in [1.54, 1.807) is 19.0 Å². The van der Waals surface area contributed by atoms with Crippen molar-refractivity contribution in [2.45, 2.75) is 25.7 Å². The lowest BCUT2D eigenvalue weighted by Gasteiger charge is -2.32. The van der Waals surface area contributed by atoms with Crippen molar-refractivity contribution in [1.29, 1.82) is 0 Å². The summed E-state index contributed by atoms with van der Waals surface area (Å²) >= 11 is 0. The Bertz CT molecular complexity index is 838. The lowest BCUT2D eigenvalue weighted by Crippen LogP contribution is -2.42. The van der Waals surface area contributed by atoms with Crippen molar-refractivity contribution in [1.82, 2.24) is 9.80 Å². The third-order valence-electron chi connectivity index (χ3n) is 5.68. The average Bonchev–Trinajstić information content (AvgIpc) is 3.06. The molecule has 0 unspecified atom stereocenters. The molecule has 130 valence electrons. The van der Waals surface area contributed by atoms with Gasteiger partial charge in [-0.05, 0) is 53.6 Å². The van der Waals surface area contributed by atoms with E-state index in [-0.39, 0.29) is 17.7 Å². The van der Waals surface area contributed by atoms with Gasteiger partial charge in [-0.15, -0.1) is 0 Å². The minimum atomic E-state index is 0.0480. The second-order valence-electron chi connectivity index (χ2n) is 7.41. The number of benzene rings is 2. The molecule has 2 aromatic carbocycles. The number of amides is 2. The molecule has 0 aromatic heterocycles. The summed E-state index contributed by atoms with van der Waals surface area (Å²) in [5.74, 6) is 0.329. The maximum atomic E-state index is 13.1. The highest BCUT2D eigenvalue weighted by molar-refractivity contribution is 6.09. The van der Waals surface area contributed by atoms with Gasteiger partial charge in [-0.25, -0.2) is 0 Å². The van der Waals surface area contributed by atoms with Gasteiger partial charge in [0.1, 0.15) is 0 Å². The molecule has 25 heavy (non-hydrogen) atoms. The molecule has 1 aliphatic heterocycles. The van der Waals surface area contributed by atoms with Crippen LogP contribution < -0.4 is 0 Å². The van der Waals surface area contributed by atoms with Gasteiger partial charge in [0.2, 0.25) is 5.91 Å². The van der Waals surface area contributed by atoms with Crippen molar-refractivity contribution in [2.24, 2.45) is 5.92 Å². The number of hydrogen-bond acceptors (Lipinski definition) is 2. The highest BCUT2D eigenvalue weighted by Gasteiger charge is 2.29. The molecule has 2 amide bonds. The summed E-state index contributed by atoms with van der Waals surface area (Å²) in [5, 5.41) is 2.37. The molecular formula is C21H24N2O2. The van der Waals surface area contributed by atoms with Gasteiger partial charge >= 0.3 is 0 Å². The lowest BCUT2D eigenvalue weighted by atomic mass is 9.94. The van der Waals surface area contributed by atoms with Crippen LogP contribution in [0.3, 0.4) is 0 Å². The zero-order chi connectivity index (χ0) is 17.6. The largest absolute Gasteiger partial charge is 0.349 e. The van der Waals surface area contributed by atoms with Gasteiger partial charge in [0, 0.05) is 38.7 Å². The molecule has 4 rings (SSSR count). The summed E-state index contributed by atoms with van der Waals surface area (Å²) in [5.41, 5.74) is 3.52. The van der Waals surface area contributed by atoms with E-state index in [4.69, 9.17) is 0 Å². The van der Waals surface area contributed by atoms with Crippen molar-refractivity contribution in [3.8, 4) is 0 Å². The molecule has 0 N–H and O–H groups in total. The number of piperidine rings is 1. The van der Waals surface area contributed by atoms with E-state index < -0.39 is 0 Å². The van der Waals surface area contributed by atoms with E-state index in [0.717, 1.165) is 36.6 Å².